The van der Waals surface area contributed by atoms with Gasteiger partial charge in [-0.1, -0.05) is 12.1 Å². The van der Waals surface area contributed by atoms with Crippen molar-refractivity contribution in [3.63, 3.8) is 0 Å². The summed E-state index contributed by atoms with van der Waals surface area (Å²) >= 11 is 6.86. The molecule has 1 heterocycles. The molecule has 1 saturated heterocycles. The number of ether oxygens (including phenoxy) is 1. The number of thioether (sulfide) groups is 1. The molecule has 0 atom stereocenters. The van der Waals surface area contributed by atoms with Crippen LogP contribution in [0.25, 0.3) is 6.08 Å². The van der Waals surface area contributed by atoms with Gasteiger partial charge in [-0.15, -0.1) is 11.8 Å². The predicted molar refractivity (Wildman–Crippen MR) is 90.3 cm³/mol. The monoisotopic (exact) mass is 336 g/mol. The normalized spacial score (nSPS) is 16.6. The minimum Gasteiger partial charge on any atom is -0.468 e. The molecule has 7 heteroatoms. The molecule has 0 radical (unpaired) electrons. The molecule has 0 bridgehead atoms. The molecular formula is C15H16N2O3S2. The number of methoxy groups -OCH3 is 1. The van der Waals surface area contributed by atoms with Gasteiger partial charge in [0.25, 0.3) is 5.91 Å². The molecule has 1 amide bonds. The smallest absolute Gasteiger partial charge is 0.325 e. The first-order valence-corrected chi connectivity index (χ1v) is 8.13. The van der Waals surface area contributed by atoms with E-state index in [0.717, 1.165) is 10.5 Å². The number of carbonyl (C=O) groups excluding carboxylic acids is 2. The zero-order valence-corrected chi connectivity index (χ0v) is 14.2. The Kier molecular flexibility index (Phi) is 5.20. The zero-order chi connectivity index (χ0) is 16.3. The van der Waals surface area contributed by atoms with Gasteiger partial charge in [-0.25, -0.2) is 0 Å². The Labute approximate surface area is 138 Å². The molecule has 2 rings (SSSR count). The lowest BCUT2D eigenvalue weighted by Crippen LogP contribution is -2.33. The number of carbonyl (C=O) groups is 2. The lowest BCUT2D eigenvalue weighted by atomic mass is 10.2. The minimum absolute atomic E-state index is 0.0832. The highest BCUT2D eigenvalue weighted by Gasteiger charge is 2.36. The second-order valence-corrected chi connectivity index (χ2v) is 5.86. The van der Waals surface area contributed by atoms with Crippen LogP contribution in [0, 0.1) is 0 Å². The van der Waals surface area contributed by atoms with E-state index >= 15 is 0 Å². The summed E-state index contributed by atoms with van der Waals surface area (Å²) in [6.07, 6.45) is 3.73. The molecule has 5 nitrogen and oxygen atoms in total. The Bertz CT molecular complexity index is 641. The van der Waals surface area contributed by atoms with Gasteiger partial charge in [0.05, 0.1) is 7.11 Å². The van der Waals surface area contributed by atoms with E-state index in [-0.39, 0.29) is 12.5 Å². The van der Waals surface area contributed by atoms with Crippen molar-refractivity contribution < 1.29 is 14.3 Å². The lowest BCUT2D eigenvalue weighted by molar-refractivity contribution is -0.140. The van der Waals surface area contributed by atoms with Crippen LogP contribution in [0.2, 0.25) is 0 Å². The van der Waals surface area contributed by atoms with Crippen LogP contribution in [0.15, 0.2) is 34.9 Å². The van der Waals surface area contributed by atoms with E-state index in [4.69, 9.17) is 12.2 Å². The van der Waals surface area contributed by atoms with Gasteiger partial charge in [-0.2, -0.15) is 0 Å². The van der Waals surface area contributed by atoms with Crippen molar-refractivity contribution in [2.75, 3.05) is 27.0 Å². The fourth-order valence-corrected chi connectivity index (χ4v) is 2.66. The summed E-state index contributed by atoms with van der Waals surface area (Å²) in [4.78, 5) is 27.8. The number of hydrogen-bond acceptors (Lipinski definition) is 5. The van der Waals surface area contributed by atoms with Crippen molar-refractivity contribution in [3.8, 4) is 0 Å². The van der Waals surface area contributed by atoms with E-state index in [9.17, 15) is 9.59 Å². The van der Waals surface area contributed by atoms with Crippen molar-refractivity contribution in [3.05, 3.63) is 35.5 Å². The predicted octanol–water partition coefficient (Wildman–Crippen LogP) is 1.98. The van der Waals surface area contributed by atoms with Crippen LogP contribution in [-0.4, -0.2) is 53.7 Å². The number of nitrogens with zero attached hydrogens (tertiary/aromatic N) is 2. The Morgan fingerprint density at radius 1 is 1.36 bits per heavy atom. The minimum atomic E-state index is -0.450. The molecule has 1 aliphatic heterocycles. The maximum absolute atomic E-state index is 12.3. The number of benzene rings is 1. The Morgan fingerprint density at radius 3 is 2.55 bits per heavy atom. The third-order valence-corrected chi connectivity index (χ3v) is 4.50. The van der Waals surface area contributed by atoms with Crippen LogP contribution in [0.4, 0.5) is 0 Å². The zero-order valence-electron chi connectivity index (χ0n) is 12.5. The van der Waals surface area contributed by atoms with Crippen molar-refractivity contribution >= 4 is 47.0 Å². The highest BCUT2D eigenvalue weighted by molar-refractivity contribution is 7.98. The molecule has 116 valence electrons. The van der Waals surface area contributed by atoms with E-state index in [1.165, 1.54) is 16.9 Å². The summed E-state index contributed by atoms with van der Waals surface area (Å²) in [7, 11) is 2.89. The fourth-order valence-electron chi connectivity index (χ4n) is 2.00. The average molecular weight is 336 g/mol. The van der Waals surface area contributed by atoms with Gasteiger partial charge in [0, 0.05) is 11.9 Å². The van der Waals surface area contributed by atoms with Crippen LogP contribution in [0.3, 0.4) is 0 Å². The molecule has 22 heavy (non-hydrogen) atoms. The van der Waals surface area contributed by atoms with Gasteiger partial charge in [-0.05, 0) is 42.2 Å². The van der Waals surface area contributed by atoms with Gasteiger partial charge in [0.15, 0.2) is 5.11 Å². The van der Waals surface area contributed by atoms with E-state index in [1.807, 2.05) is 30.5 Å². The molecular weight excluding hydrogens is 320 g/mol. The van der Waals surface area contributed by atoms with Crippen LogP contribution in [-0.2, 0) is 14.3 Å². The molecule has 1 aromatic rings. The van der Waals surface area contributed by atoms with E-state index in [2.05, 4.69) is 4.74 Å². The van der Waals surface area contributed by atoms with E-state index in [1.54, 1.807) is 24.9 Å². The number of thiocarbonyl (C=S) groups is 1. The van der Waals surface area contributed by atoms with Gasteiger partial charge in [0.1, 0.15) is 12.2 Å². The topological polar surface area (TPSA) is 49.9 Å². The summed E-state index contributed by atoms with van der Waals surface area (Å²) in [6, 6.07) is 7.79. The molecule has 1 aliphatic rings. The lowest BCUT2D eigenvalue weighted by Gasteiger charge is -2.16. The molecule has 0 saturated carbocycles. The SMILES string of the molecule is COC(=O)CN1C(=S)N(C)C(=O)C1=Cc1ccc(SC)cc1. The van der Waals surface area contributed by atoms with Crippen LogP contribution in [0.1, 0.15) is 5.56 Å². The summed E-state index contributed by atoms with van der Waals surface area (Å²) in [5, 5.41) is 0.294. The quantitative estimate of drug-likeness (QED) is 0.363. The molecule has 1 aromatic carbocycles. The summed E-state index contributed by atoms with van der Waals surface area (Å²) < 4.78 is 4.66. The number of hydrogen-bond donors (Lipinski definition) is 0. The third-order valence-electron chi connectivity index (χ3n) is 3.27. The van der Waals surface area contributed by atoms with Crippen molar-refractivity contribution in [1.29, 1.82) is 0 Å². The van der Waals surface area contributed by atoms with Crippen molar-refractivity contribution in [2.24, 2.45) is 0 Å². The second kappa shape index (κ2) is 6.93. The standard InChI is InChI=1S/C15H16N2O3S2/c1-16-14(19)12(17(15(16)21)9-13(18)20-2)8-10-4-6-11(22-3)7-5-10/h4-8H,9H2,1-3H3. The van der Waals surface area contributed by atoms with Gasteiger partial charge in [-0.3, -0.25) is 14.5 Å². The molecule has 0 aromatic heterocycles. The van der Waals surface area contributed by atoms with E-state index in [0.29, 0.717) is 10.8 Å². The Balaban J connectivity index is 2.34. The highest BCUT2D eigenvalue weighted by atomic mass is 32.2. The van der Waals surface area contributed by atoms with Crippen molar-refractivity contribution in [1.82, 2.24) is 9.80 Å². The number of likely N-dealkylation sites (N-methyl/N-ethyl adjacent to an activating group) is 1. The summed E-state index contributed by atoms with van der Waals surface area (Å²) in [6.45, 7) is -0.0832. The maximum Gasteiger partial charge on any atom is 0.325 e. The molecule has 0 spiro atoms. The van der Waals surface area contributed by atoms with Crippen LogP contribution in [0.5, 0.6) is 0 Å². The third kappa shape index (κ3) is 3.31. The summed E-state index contributed by atoms with van der Waals surface area (Å²) in [5.41, 5.74) is 1.24. The van der Waals surface area contributed by atoms with Crippen molar-refractivity contribution in [2.45, 2.75) is 4.90 Å². The van der Waals surface area contributed by atoms with Gasteiger partial charge < -0.3 is 9.64 Å². The molecule has 0 aliphatic carbocycles. The largest absolute Gasteiger partial charge is 0.468 e. The van der Waals surface area contributed by atoms with Gasteiger partial charge >= 0.3 is 5.97 Å². The highest BCUT2D eigenvalue weighted by Crippen LogP contribution is 2.23. The second-order valence-electron chi connectivity index (χ2n) is 4.61. The number of esters is 1. The first kappa shape index (κ1) is 16.5. The van der Waals surface area contributed by atoms with Gasteiger partial charge in [0.2, 0.25) is 0 Å². The Morgan fingerprint density at radius 2 is 2.00 bits per heavy atom. The number of rotatable bonds is 4. The fraction of sp³-hybridized carbons (Fsp3) is 0.267. The van der Waals surface area contributed by atoms with Crippen LogP contribution < -0.4 is 0 Å². The van der Waals surface area contributed by atoms with E-state index < -0.39 is 5.97 Å². The first-order chi connectivity index (χ1) is 10.5. The molecule has 0 unspecified atom stereocenters. The molecule has 1 fully saturated rings. The average Bonchev–Trinajstić information content (AvgIpc) is 2.73. The first-order valence-electron chi connectivity index (χ1n) is 6.50. The number of amides is 1. The van der Waals surface area contributed by atoms with Crippen LogP contribution >= 0.6 is 24.0 Å². The summed E-state index contributed by atoms with van der Waals surface area (Å²) in [5.74, 6) is -0.683. The maximum atomic E-state index is 12.3. The Hall–Kier alpha value is -1.86. The molecule has 0 N–H and O–H groups in total.